The molecule has 3 heteroatoms. The molecule has 1 fully saturated rings. The highest BCUT2D eigenvalue weighted by Gasteiger charge is 2.15. The summed E-state index contributed by atoms with van der Waals surface area (Å²) in [6.45, 7) is 1.03. The van der Waals surface area contributed by atoms with Crippen LogP contribution in [0.5, 0.6) is 0 Å². The summed E-state index contributed by atoms with van der Waals surface area (Å²) in [5, 5.41) is 20.2. The average Bonchev–Trinajstić information content (AvgIpc) is 2.15. The van der Waals surface area contributed by atoms with E-state index >= 15 is 0 Å². The van der Waals surface area contributed by atoms with Crippen LogP contribution in [0.3, 0.4) is 0 Å². The molecule has 0 aromatic rings. The van der Waals surface area contributed by atoms with Gasteiger partial charge in [-0.1, -0.05) is 0 Å². The predicted molar refractivity (Wildman–Crippen MR) is 33.9 cm³/mol. The lowest BCUT2D eigenvalue weighted by atomic mass is 10.1. The summed E-state index contributed by atoms with van der Waals surface area (Å²) >= 11 is 0. The van der Waals surface area contributed by atoms with Crippen molar-refractivity contribution >= 4 is 0 Å². The summed E-state index contributed by atoms with van der Waals surface area (Å²) < 4.78 is 0. The van der Waals surface area contributed by atoms with Crippen molar-refractivity contribution in [2.75, 3.05) is 6.54 Å². The monoisotopic (exact) mass is 131 g/mol. The first-order valence-corrected chi connectivity index (χ1v) is 3.38. The van der Waals surface area contributed by atoms with Crippen LogP contribution in [-0.2, 0) is 0 Å². The van der Waals surface area contributed by atoms with Crippen molar-refractivity contribution in [3.63, 3.8) is 0 Å². The molecule has 0 saturated carbocycles. The highest BCUT2D eigenvalue weighted by Crippen LogP contribution is 2.09. The summed E-state index contributed by atoms with van der Waals surface area (Å²) in [6, 6.07) is 0.338. The smallest absolute Gasteiger partial charge is 0.152 e. The molecule has 1 rings (SSSR count). The summed E-state index contributed by atoms with van der Waals surface area (Å²) in [5.74, 6) is 0. The minimum absolute atomic E-state index is 0.338. The van der Waals surface area contributed by atoms with Crippen molar-refractivity contribution in [2.45, 2.75) is 31.6 Å². The number of hydrogen-bond acceptors (Lipinski definition) is 3. The second kappa shape index (κ2) is 3.15. The molecule has 54 valence electrons. The van der Waals surface area contributed by atoms with Gasteiger partial charge in [-0.05, 0) is 19.4 Å². The van der Waals surface area contributed by atoms with Crippen molar-refractivity contribution < 1.29 is 10.2 Å². The molecule has 0 amide bonds. The molecule has 1 heterocycles. The van der Waals surface area contributed by atoms with E-state index in [1.807, 2.05) is 0 Å². The molecule has 0 bridgehead atoms. The Morgan fingerprint density at radius 1 is 1.56 bits per heavy atom. The van der Waals surface area contributed by atoms with Gasteiger partial charge in [0.15, 0.2) is 6.29 Å². The van der Waals surface area contributed by atoms with Gasteiger partial charge in [0, 0.05) is 12.5 Å². The standard InChI is InChI=1S/C6H13NO2/c8-6(9)4-5-2-1-3-7-5/h5-9H,1-4H2/t5-/m0/s1. The summed E-state index contributed by atoms with van der Waals surface area (Å²) in [6.07, 6.45) is 1.58. The van der Waals surface area contributed by atoms with E-state index in [2.05, 4.69) is 5.32 Å². The summed E-state index contributed by atoms with van der Waals surface area (Å²) in [4.78, 5) is 0. The molecular weight excluding hydrogens is 118 g/mol. The molecule has 0 aromatic carbocycles. The molecule has 3 N–H and O–H groups in total. The molecule has 0 aromatic heterocycles. The first kappa shape index (κ1) is 6.99. The molecule has 9 heavy (non-hydrogen) atoms. The molecule has 0 spiro atoms. The van der Waals surface area contributed by atoms with Crippen LogP contribution >= 0.6 is 0 Å². The zero-order chi connectivity index (χ0) is 6.69. The fraction of sp³-hybridized carbons (Fsp3) is 1.00. The SMILES string of the molecule is OC(O)C[C@@H]1CCCN1. The number of aliphatic hydroxyl groups excluding tert-OH is 1. The Hall–Kier alpha value is -0.120. The van der Waals surface area contributed by atoms with Crippen LogP contribution in [0.15, 0.2) is 0 Å². The molecule has 3 nitrogen and oxygen atoms in total. The van der Waals surface area contributed by atoms with Crippen molar-refractivity contribution in [2.24, 2.45) is 0 Å². The van der Waals surface area contributed by atoms with Crippen LogP contribution in [0.25, 0.3) is 0 Å². The first-order chi connectivity index (χ1) is 4.29. The van der Waals surface area contributed by atoms with Crippen molar-refractivity contribution in [3.8, 4) is 0 Å². The molecule has 1 atom stereocenters. The maximum Gasteiger partial charge on any atom is 0.152 e. The Morgan fingerprint density at radius 2 is 2.33 bits per heavy atom. The van der Waals surface area contributed by atoms with Gasteiger partial charge in [-0.15, -0.1) is 0 Å². The fourth-order valence-electron chi connectivity index (χ4n) is 1.21. The minimum Gasteiger partial charge on any atom is -0.368 e. The molecule has 0 aliphatic carbocycles. The maximum absolute atomic E-state index is 8.53. The number of rotatable bonds is 2. The van der Waals surface area contributed by atoms with Crippen LogP contribution in [0.1, 0.15) is 19.3 Å². The lowest BCUT2D eigenvalue weighted by Crippen LogP contribution is -2.26. The van der Waals surface area contributed by atoms with Crippen LogP contribution in [0.2, 0.25) is 0 Å². The van der Waals surface area contributed by atoms with Crippen molar-refractivity contribution in [3.05, 3.63) is 0 Å². The van der Waals surface area contributed by atoms with E-state index in [1.54, 1.807) is 0 Å². The molecule has 0 unspecified atom stereocenters. The normalized spacial score (nSPS) is 27.7. The van der Waals surface area contributed by atoms with E-state index in [0.717, 1.165) is 19.4 Å². The van der Waals surface area contributed by atoms with E-state index in [4.69, 9.17) is 10.2 Å². The Balaban J connectivity index is 2.11. The van der Waals surface area contributed by atoms with Crippen LogP contribution in [0, 0.1) is 0 Å². The highest BCUT2D eigenvalue weighted by molar-refractivity contribution is 4.73. The highest BCUT2D eigenvalue weighted by atomic mass is 16.5. The van der Waals surface area contributed by atoms with Gasteiger partial charge in [0.1, 0.15) is 0 Å². The molecule has 1 aliphatic heterocycles. The van der Waals surface area contributed by atoms with Gasteiger partial charge in [0.2, 0.25) is 0 Å². The number of hydrogen-bond donors (Lipinski definition) is 3. The molecule has 1 aliphatic rings. The van der Waals surface area contributed by atoms with Crippen LogP contribution < -0.4 is 5.32 Å². The van der Waals surface area contributed by atoms with Gasteiger partial charge in [-0.25, -0.2) is 0 Å². The Bertz CT molecular complexity index is 79.1. The van der Waals surface area contributed by atoms with E-state index in [-0.39, 0.29) is 0 Å². The van der Waals surface area contributed by atoms with Crippen molar-refractivity contribution in [1.29, 1.82) is 0 Å². The third-order valence-corrected chi connectivity index (χ3v) is 1.66. The maximum atomic E-state index is 8.53. The predicted octanol–water partition coefficient (Wildman–Crippen LogP) is -0.561. The molecule has 0 radical (unpaired) electrons. The fourth-order valence-corrected chi connectivity index (χ4v) is 1.21. The third kappa shape index (κ3) is 2.30. The van der Waals surface area contributed by atoms with Gasteiger partial charge in [-0.3, -0.25) is 0 Å². The van der Waals surface area contributed by atoms with Crippen molar-refractivity contribution in [1.82, 2.24) is 5.32 Å². The second-order valence-corrected chi connectivity index (χ2v) is 2.51. The van der Waals surface area contributed by atoms with Gasteiger partial charge in [0.25, 0.3) is 0 Å². The summed E-state index contributed by atoms with van der Waals surface area (Å²) in [7, 11) is 0. The third-order valence-electron chi connectivity index (χ3n) is 1.66. The van der Waals surface area contributed by atoms with Crippen LogP contribution in [0.4, 0.5) is 0 Å². The topological polar surface area (TPSA) is 52.5 Å². The van der Waals surface area contributed by atoms with Gasteiger partial charge in [0.05, 0.1) is 0 Å². The van der Waals surface area contributed by atoms with E-state index in [1.165, 1.54) is 0 Å². The zero-order valence-electron chi connectivity index (χ0n) is 5.38. The minimum atomic E-state index is -1.14. The Morgan fingerprint density at radius 3 is 2.78 bits per heavy atom. The quantitative estimate of drug-likeness (QED) is 0.440. The first-order valence-electron chi connectivity index (χ1n) is 3.38. The van der Waals surface area contributed by atoms with Gasteiger partial charge < -0.3 is 15.5 Å². The van der Waals surface area contributed by atoms with E-state index in [0.29, 0.717) is 12.5 Å². The Kier molecular flexibility index (Phi) is 2.45. The average molecular weight is 131 g/mol. The lowest BCUT2D eigenvalue weighted by Gasteiger charge is -2.09. The summed E-state index contributed by atoms with van der Waals surface area (Å²) in [5.41, 5.74) is 0. The molecule has 1 saturated heterocycles. The lowest BCUT2D eigenvalue weighted by molar-refractivity contribution is -0.0503. The van der Waals surface area contributed by atoms with Gasteiger partial charge >= 0.3 is 0 Å². The van der Waals surface area contributed by atoms with E-state index in [9.17, 15) is 0 Å². The number of aliphatic hydroxyl groups is 2. The Labute approximate surface area is 54.7 Å². The largest absolute Gasteiger partial charge is 0.368 e. The van der Waals surface area contributed by atoms with Crippen LogP contribution in [-0.4, -0.2) is 29.1 Å². The van der Waals surface area contributed by atoms with E-state index < -0.39 is 6.29 Å². The number of nitrogens with one attached hydrogen (secondary N) is 1. The van der Waals surface area contributed by atoms with Gasteiger partial charge in [-0.2, -0.15) is 0 Å². The zero-order valence-corrected chi connectivity index (χ0v) is 5.38. The second-order valence-electron chi connectivity index (χ2n) is 2.51. The molecular formula is C6H13NO2.